The molecule has 4 rings (SSSR count). The monoisotopic (exact) mass is 474 g/mol. The van der Waals surface area contributed by atoms with Gasteiger partial charge >= 0.3 is 12.1 Å². The van der Waals surface area contributed by atoms with Crippen LogP contribution in [-0.2, 0) is 13.1 Å². The van der Waals surface area contributed by atoms with Crippen LogP contribution in [0.15, 0.2) is 59.4 Å². The minimum atomic E-state index is -4.78. The smallest absolute Gasteiger partial charge is 0.406 e. The molecule has 1 aliphatic heterocycles. The standard InChI is InChI=1S/C24H25F3N4O3/c1-2-30-21(28-31(23(30)33)16-17-6-4-3-5-7-17)18-12-14-29(15-13-18)22(32)19-8-10-20(11-9-19)34-24(25,26)27/h3-11,18H,2,12-16H2,1H3. The molecule has 3 aromatic rings. The summed E-state index contributed by atoms with van der Waals surface area (Å²) in [5, 5.41) is 4.62. The zero-order chi connectivity index (χ0) is 24.3. The topological polar surface area (TPSA) is 69.4 Å². The average molecular weight is 474 g/mol. The molecule has 1 aliphatic rings. The molecule has 0 N–H and O–H groups in total. The van der Waals surface area contributed by atoms with Crippen LogP contribution in [0.1, 0.15) is 47.4 Å². The number of nitrogens with zero attached hydrogens (tertiary/aromatic N) is 4. The van der Waals surface area contributed by atoms with Gasteiger partial charge < -0.3 is 9.64 Å². The predicted molar refractivity (Wildman–Crippen MR) is 119 cm³/mol. The van der Waals surface area contributed by atoms with E-state index in [4.69, 9.17) is 0 Å². The molecule has 0 unspecified atom stereocenters. The molecule has 1 saturated heterocycles. The number of carbonyl (C=O) groups excluding carboxylic acids is 1. The summed E-state index contributed by atoms with van der Waals surface area (Å²) in [5.74, 6) is 0.145. The Labute approximate surface area is 194 Å². The summed E-state index contributed by atoms with van der Waals surface area (Å²) in [6.07, 6.45) is -3.49. The van der Waals surface area contributed by atoms with Crippen molar-refractivity contribution in [3.8, 4) is 5.75 Å². The lowest BCUT2D eigenvalue weighted by Crippen LogP contribution is -2.38. The number of alkyl halides is 3. The van der Waals surface area contributed by atoms with Crippen molar-refractivity contribution in [3.05, 3.63) is 82.0 Å². The SMILES string of the molecule is CCn1c(C2CCN(C(=O)c3ccc(OC(F)(F)F)cc3)CC2)nn(Cc2ccccc2)c1=O. The van der Waals surface area contributed by atoms with Crippen molar-refractivity contribution in [1.29, 1.82) is 0 Å². The summed E-state index contributed by atoms with van der Waals surface area (Å²) in [6.45, 7) is 3.74. The van der Waals surface area contributed by atoms with E-state index in [1.54, 1.807) is 9.47 Å². The molecule has 7 nitrogen and oxygen atoms in total. The van der Waals surface area contributed by atoms with Crippen LogP contribution in [-0.4, -0.2) is 44.6 Å². The number of amides is 1. The lowest BCUT2D eigenvalue weighted by atomic mass is 9.95. The van der Waals surface area contributed by atoms with Crippen molar-refractivity contribution in [2.75, 3.05) is 13.1 Å². The fourth-order valence-corrected chi connectivity index (χ4v) is 4.24. The van der Waals surface area contributed by atoms with Gasteiger partial charge in [0.15, 0.2) is 0 Å². The summed E-state index contributed by atoms with van der Waals surface area (Å²) < 4.78 is 44.0. The van der Waals surface area contributed by atoms with Gasteiger partial charge in [0.2, 0.25) is 0 Å². The first-order valence-corrected chi connectivity index (χ1v) is 11.1. The lowest BCUT2D eigenvalue weighted by Gasteiger charge is -2.31. The van der Waals surface area contributed by atoms with Crippen molar-refractivity contribution in [2.24, 2.45) is 0 Å². The minimum absolute atomic E-state index is 0.0382. The summed E-state index contributed by atoms with van der Waals surface area (Å²) >= 11 is 0. The Morgan fingerprint density at radius 1 is 1.06 bits per heavy atom. The van der Waals surface area contributed by atoms with Crippen LogP contribution in [0, 0.1) is 0 Å². The first-order chi connectivity index (χ1) is 16.2. The Kier molecular flexibility index (Phi) is 6.76. The number of likely N-dealkylation sites (tertiary alicyclic amines) is 1. The normalized spacial score (nSPS) is 14.9. The molecule has 10 heteroatoms. The molecule has 0 atom stereocenters. The van der Waals surface area contributed by atoms with E-state index in [9.17, 15) is 22.8 Å². The highest BCUT2D eigenvalue weighted by Gasteiger charge is 2.32. The molecule has 0 saturated carbocycles. The summed E-state index contributed by atoms with van der Waals surface area (Å²) in [7, 11) is 0. The third-order valence-corrected chi connectivity index (χ3v) is 5.92. The maximum absolute atomic E-state index is 12.9. The van der Waals surface area contributed by atoms with Crippen LogP contribution in [0.2, 0.25) is 0 Å². The van der Waals surface area contributed by atoms with Gasteiger partial charge in [-0.1, -0.05) is 30.3 Å². The number of ether oxygens (including phenoxy) is 1. The van der Waals surface area contributed by atoms with E-state index in [0.29, 0.717) is 44.6 Å². The minimum Gasteiger partial charge on any atom is -0.406 e. The van der Waals surface area contributed by atoms with E-state index in [-0.39, 0.29) is 23.3 Å². The molecule has 180 valence electrons. The molecule has 0 aliphatic carbocycles. The van der Waals surface area contributed by atoms with Gasteiger partial charge in [-0.3, -0.25) is 9.36 Å². The first kappa shape index (κ1) is 23.6. The fraction of sp³-hybridized carbons (Fsp3) is 0.375. The van der Waals surface area contributed by atoms with Gasteiger partial charge in [0.05, 0.1) is 6.54 Å². The molecule has 1 fully saturated rings. The van der Waals surface area contributed by atoms with Gasteiger partial charge in [-0.2, -0.15) is 5.10 Å². The van der Waals surface area contributed by atoms with E-state index in [1.165, 1.54) is 16.8 Å². The highest BCUT2D eigenvalue weighted by molar-refractivity contribution is 5.94. The van der Waals surface area contributed by atoms with Gasteiger partial charge in [0.1, 0.15) is 11.6 Å². The number of aromatic nitrogens is 3. The largest absolute Gasteiger partial charge is 0.573 e. The fourth-order valence-electron chi connectivity index (χ4n) is 4.24. The Bertz CT molecular complexity index is 1180. The second kappa shape index (κ2) is 9.74. The molecular weight excluding hydrogens is 449 g/mol. The third kappa shape index (κ3) is 5.32. The van der Waals surface area contributed by atoms with Crippen LogP contribution in [0.5, 0.6) is 5.75 Å². The van der Waals surface area contributed by atoms with Gasteiger partial charge in [-0.15, -0.1) is 13.2 Å². The lowest BCUT2D eigenvalue weighted by molar-refractivity contribution is -0.274. The predicted octanol–water partition coefficient (Wildman–Crippen LogP) is 4.03. The maximum atomic E-state index is 12.9. The summed E-state index contributed by atoms with van der Waals surface area (Å²) in [5.41, 5.74) is 1.13. The highest BCUT2D eigenvalue weighted by Crippen LogP contribution is 2.28. The molecule has 34 heavy (non-hydrogen) atoms. The number of piperidine rings is 1. The Hall–Kier alpha value is -3.56. The summed E-state index contributed by atoms with van der Waals surface area (Å²) in [4.78, 5) is 27.3. The van der Waals surface area contributed by atoms with E-state index < -0.39 is 6.36 Å². The zero-order valence-electron chi connectivity index (χ0n) is 18.7. The summed E-state index contributed by atoms with van der Waals surface area (Å²) in [6, 6.07) is 14.6. The van der Waals surface area contributed by atoms with Gasteiger partial charge in [-0.05, 0) is 49.6 Å². The molecule has 1 aromatic heterocycles. The van der Waals surface area contributed by atoms with Crippen molar-refractivity contribution in [1.82, 2.24) is 19.2 Å². The van der Waals surface area contributed by atoms with Crippen LogP contribution in [0.4, 0.5) is 13.2 Å². The Morgan fingerprint density at radius 3 is 2.29 bits per heavy atom. The number of hydrogen-bond acceptors (Lipinski definition) is 4. The van der Waals surface area contributed by atoms with E-state index in [2.05, 4.69) is 9.84 Å². The number of hydrogen-bond donors (Lipinski definition) is 0. The molecule has 2 heterocycles. The van der Waals surface area contributed by atoms with E-state index >= 15 is 0 Å². The number of rotatable bonds is 6. The van der Waals surface area contributed by atoms with Crippen LogP contribution < -0.4 is 10.4 Å². The number of halogens is 3. The van der Waals surface area contributed by atoms with Crippen LogP contribution in [0.25, 0.3) is 0 Å². The Morgan fingerprint density at radius 2 is 1.71 bits per heavy atom. The van der Waals surface area contributed by atoms with Gasteiger partial charge in [0.25, 0.3) is 5.91 Å². The van der Waals surface area contributed by atoms with E-state index in [0.717, 1.165) is 23.5 Å². The van der Waals surface area contributed by atoms with Crippen molar-refractivity contribution in [3.63, 3.8) is 0 Å². The quantitative estimate of drug-likeness (QED) is 0.541. The second-order valence-electron chi connectivity index (χ2n) is 8.17. The average Bonchev–Trinajstić information content (AvgIpc) is 3.14. The van der Waals surface area contributed by atoms with Crippen molar-refractivity contribution >= 4 is 5.91 Å². The molecule has 0 bridgehead atoms. The second-order valence-corrected chi connectivity index (χ2v) is 8.17. The molecule has 2 aromatic carbocycles. The maximum Gasteiger partial charge on any atom is 0.573 e. The molecule has 1 amide bonds. The molecule has 0 radical (unpaired) electrons. The van der Waals surface area contributed by atoms with E-state index in [1.807, 2.05) is 37.3 Å². The van der Waals surface area contributed by atoms with Gasteiger partial charge in [-0.25, -0.2) is 9.48 Å². The van der Waals surface area contributed by atoms with Crippen molar-refractivity contribution in [2.45, 2.75) is 45.1 Å². The van der Waals surface area contributed by atoms with Gasteiger partial charge in [0, 0.05) is 31.1 Å². The van der Waals surface area contributed by atoms with Crippen molar-refractivity contribution < 1.29 is 22.7 Å². The van der Waals surface area contributed by atoms with Crippen LogP contribution >= 0.6 is 0 Å². The number of benzene rings is 2. The highest BCUT2D eigenvalue weighted by atomic mass is 19.4. The first-order valence-electron chi connectivity index (χ1n) is 11.1. The number of carbonyl (C=O) groups is 1. The zero-order valence-corrected chi connectivity index (χ0v) is 18.7. The van der Waals surface area contributed by atoms with Crippen LogP contribution in [0.3, 0.4) is 0 Å². The Balaban J connectivity index is 1.42. The third-order valence-electron chi connectivity index (χ3n) is 5.92. The molecule has 0 spiro atoms. The molecular formula is C24H25F3N4O3.